The van der Waals surface area contributed by atoms with Crippen molar-refractivity contribution in [1.29, 1.82) is 5.26 Å². The number of furan rings is 1. The second kappa shape index (κ2) is 3.67. The van der Waals surface area contributed by atoms with E-state index in [1.807, 2.05) is 24.3 Å². The Hall–Kier alpha value is -2.21. The predicted molar refractivity (Wildman–Crippen MR) is 65.6 cm³/mol. The highest BCUT2D eigenvalue weighted by molar-refractivity contribution is 5.83. The zero-order valence-corrected chi connectivity index (χ0v) is 9.36. The number of nitriles is 1. The van der Waals surface area contributed by atoms with Crippen molar-refractivity contribution in [1.82, 2.24) is 0 Å². The van der Waals surface area contributed by atoms with Gasteiger partial charge in [0.15, 0.2) is 0 Å². The molecule has 0 spiro atoms. The maximum Gasteiger partial charge on any atom is 0.132 e. The lowest BCUT2D eigenvalue weighted by Gasteiger charge is -2.09. The number of hydrogen-bond donors (Lipinski definition) is 1. The Bertz CT molecular complexity index is 609. The number of nitrogens with zero attached hydrogens (tertiary/aromatic N) is 1. The maximum absolute atomic E-state index is 9.20. The average molecular weight is 224 g/mol. The molecule has 3 nitrogen and oxygen atoms in total. The molecular weight excluding hydrogens is 212 g/mol. The second-order valence-electron chi connectivity index (χ2n) is 4.29. The third kappa shape index (κ3) is 1.50. The molecule has 2 aliphatic rings. The quantitative estimate of drug-likeness (QED) is 0.736. The van der Waals surface area contributed by atoms with Gasteiger partial charge in [-0.15, -0.1) is 0 Å². The summed E-state index contributed by atoms with van der Waals surface area (Å²) in [5.41, 5.74) is 9.46. The van der Waals surface area contributed by atoms with Crippen LogP contribution in [0.25, 0.3) is 11.6 Å². The lowest BCUT2D eigenvalue weighted by atomic mass is 9.93. The summed E-state index contributed by atoms with van der Waals surface area (Å²) in [6.45, 7) is 0. The van der Waals surface area contributed by atoms with Crippen LogP contribution in [0.4, 0.5) is 0 Å². The summed E-state index contributed by atoms with van der Waals surface area (Å²) in [6.07, 6.45) is 10.1. The maximum atomic E-state index is 9.20. The van der Waals surface area contributed by atoms with E-state index in [1.165, 1.54) is 0 Å². The molecule has 3 heteroatoms. The van der Waals surface area contributed by atoms with Crippen molar-refractivity contribution < 1.29 is 4.42 Å². The minimum atomic E-state index is 0.688. The second-order valence-corrected chi connectivity index (χ2v) is 4.29. The van der Waals surface area contributed by atoms with Crippen LogP contribution in [0.5, 0.6) is 0 Å². The average Bonchev–Trinajstić information content (AvgIpc) is 2.54. The summed E-state index contributed by atoms with van der Waals surface area (Å²) in [7, 11) is 0. The van der Waals surface area contributed by atoms with Crippen LogP contribution >= 0.6 is 0 Å². The Morgan fingerprint density at radius 2 is 2.24 bits per heavy atom. The van der Waals surface area contributed by atoms with Crippen molar-refractivity contribution in [3.05, 3.63) is 46.6 Å². The first kappa shape index (κ1) is 9.98. The SMILES string of the molecule is N#CC1=CC=CCc2oc3c(c21)CCC(N)=C3. The van der Waals surface area contributed by atoms with Gasteiger partial charge in [-0.1, -0.05) is 12.2 Å². The number of allylic oxidation sites excluding steroid dienone is 5. The molecule has 0 fully saturated rings. The van der Waals surface area contributed by atoms with Gasteiger partial charge in [0, 0.05) is 23.2 Å². The van der Waals surface area contributed by atoms with Crippen molar-refractivity contribution in [2.45, 2.75) is 19.3 Å². The Morgan fingerprint density at radius 1 is 1.35 bits per heavy atom. The zero-order chi connectivity index (χ0) is 11.8. The van der Waals surface area contributed by atoms with E-state index in [2.05, 4.69) is 6.07 Å². The molecule has 0 saturated carbocycles. The van der Waals surface area contributed by atoms with Crippen LogP contribution in [-0.4, -0.2) is 0 Å². The molecule has 1 aromatic rings. The molecule has 0 saturated heterocycles. The Kier molecular flexibility index (Phi) is 2.15. The van der Waals surface area contributed by atoms with E-state index in [0.717, 1.165) is 47.6 Å². The molecular formula is C14H12N2O. The van der Waals surface area contributed by atoms with Gasteiger partial charge in [-0.3, -0.25) is 0 Å². The summed E-state index contributed by atoms with van der Waals surface area (Å²) in [4.78, 5) is 0. The van der Waals surface area contributed by atoms with E-state index in [9.17, 15) is 5.26 Å². The largest absolute Gasteiger partial charge is 0.460 e. The van der Waals surface area contributed by atoms with E-state index in [0.29, 0.717) is 5.57 Å². The van der Waals surface area contributed by atoms with Crippen LogP contribution in [-0.2, 0) is 12.8 Å². The number of hydrogen-bond acceptors (Lipinski definition) is 3. The summed E-state index contributed by atoms with van der Waals surface area (Å²) in [5.74, 6) is 1.71. The Labute approximate surface area is 99.5 Å². The summed E-state index contributed by atoms with van der Waals surface area (Å²) >= 11 is 0. The molecule has 2 aliphatic carbocycles. The van der Waals surface area contributed by atoms with E-state index < -0.39 is 0 Å². The van der Waals surface area contributed by atoms with Crippen molar-refractivity contribution in [3.8, 4) is 6.07 Å². The van der Waals surface area contributed by atoms with Gasteiger partial charge in [-0.05, 0) is 25.0 Å². The smallest absolute Gasteiger partial charge is 0.132 e. The molecule has 0 aliphatic heterocycles. The summed E-state index contributed by atoms with van der Waals surface area (Å²) < 4.78 is 5.81. The fraction of sp³-hybridized carbons (Fsp3) is 0.214. The fourth-order valence-electron chi connectivity index (χ4n) is 2.38. The number of fused-ring (bicyclic) bond motifs is 3. The molecule has 2 N–H and O–H groups in total. The van der Waals surface area contributed by atoms with Crippen molar-refractivity contribution >= 4 is 11.6 Å². The summed E-state index contributed by atoms with van der Waals surface area (Å²) in [6, 6.07) is 2.25. The highest BCUT2D eigenvalue weighted by atomic mass is 16.3. The van der Waals surface area contributed by atoms with E-state index >= 15 is 0 Å². The molecule has 0 atom stereocenters. The molecule has 3 rings (SSSR count). The van der Waals surface area contributed by atoms with Crippen LogP contribution in [0.1, 0.15) is 29.1 Å². The van der Waals surface area contributed by atoms with Crippen molar-refractivity contribution in [3.63, 3.8) is 0 Å². The van der Waals surface area contributed by atoms with E-state index in [4.69, 9.17) is 10.2 Å². The molecule has 1 aromatic heterocycles. The van der Waals surface area contributed by atoms with Crippen LogP contribution in [0.15, 0.2) is 28.3 Å². The monoisotopic (exact) mass is 224 g/mol. The fourth-order valence-corrected chi connectivity index (χ4v) is 2.38. The number of nitrogens with two attached hydrogens (primary N) is 1. The van der Waals surface area contributed by atoms with Gasteiger partial charge >= 0.3 is 0 Å². The zero-order valence-electron chi connectivity index (χ0n) is 9.36. The number of rotatable bonds is 0. The van der Waals surface area contributed by atoms with Gasteiger partial charge in [-0.25, -0.2) is 0 Å². The van der Waals surface area contributed by atoms with Crippen LogP contribution < -0.4 is 5.73 Å². The van der Waals surface area contributed by atoms with Gasteiger partial charge in [0.1, 0.15) is 11.5 Å². The van der Waals surface area contributed by atoms with Gasteiger partial charge < -0.3 is 10.2 Å². The Balaban J connectivity index is 2.24. The van der Waals surface area contributed by atoms with E-state index in [1.54, 1.807) is 0 Å². The normalized spacial score (nSPS) is 17.4. The first-order chi connectivity index (χ1) is 8.29. The highest BCUT2D eigenvalue weighted by Gasteiger charge is 2.24. The molecule has 0 bridgehead atoms. The minimum absolute atomic E-state index is 0.688. The van der Waals surface area contributed by atoms with Crippen LogP contribution in [0.3, 0.4) is 0 Å². The third-order valence-electron chi connectivity index (χ3n) is 3.18. The van der Waals surface area contributed by atoms with Gasteiger partial charge in [0.25, 0.3) is 0 Å². The molecule has 17 heavy (non-hydrogen) atoms. The molecule has 84 valence electrons. The summed E-state index contributed by atoms with van der Waals surface area (Å²) in [5, 5.41) is 9.20. The van der Waals surface area contributed by atoms with Gasteiger partial charge in [0.05, 0.1) is 11.6 Å². The standard InChI is InChI=1S/C14H12N2O/c15-8-9-3-1-2-4-12-14(9)11-6-5-10(16)7-13(11)17-12/h1-3,7H,4-6,16H2. The van der Waals surface area contributed by atoms with Crippen molar-refractivity contribution in [2.75, 3.05) is 0 Å². The topological polar surface area (TPSA) is 63.0 Å². The van der Waals surface area contributed by atoms with Crippen molar-refractivity contribution in [2.24, 2.45) is 5.73 Å². The van der Waals surface area contributed by atoms with Gasteiger partial charge in [0.2, 0.25) is 0 Å². The molecule has 0 unspecified atom stereocenters. The minimum Gasteiger partial charge on any atom is -0.460 e. The molecule has 1 heterocycles. The first-order valence-corrected chi connectivity index (χ1v) is 5.67. The van der Waals surface area contributed by atoms with Gasteiger partial charge in [-0.2, -0.15) is 5.26 Å². The molecule has 0 amide bonds. The lowest BCUT2D eigenvalue weighted by Crippen LogP contribution is -2.05. The predicted octanol–water partition coefficient (Wildman–Crippen LogP) is 2.54. The Morgan fingerprint density at radius 3 is 3.06 bits per heavy atom. The first-order valence-electron chi connectivity index (χ1n) is 5.67. The molecule has 0 aromatic carbocycles. The van der Waals surface area contributed by atoms with Crippen LogP contribution in [0, 0.1) is 11.3 Å². The van der Waals surface area contributed by atoms with Crippen LogP contribution in [0.2, 0.25) is 0 Å². The third-order valence-corrected chi connectivity index (χ3v) is 3.18. The highest BCUT2D eigenvalue weighted by Crippen LogP contribution is 2.35. The van der Waals surface area contributed by atoms with E-state index in [-0.39, 0.29) is 0 Å². The molecule has 0 radical (unpaired) electrons. The lowest BCUT2D eigenvalue weighted by molar-refractivity contribution is 0.508.